The van der Waals surface area contributed by atoms with Crippen molar-refractivity contribution in [3.8, 4) is 0 Å². The molecule has 0 amide bonds. The molecule has 0 atom stereocenters. The zero-order chi connectivity index (χ0) is 10.7. The average Bonchev–Trinajstić information content (AvgIpc) is 2.09. The fraction of sp³-hybridized carbons (Fsp3) is 0.200. The predicted octanol–water partition coefficient (Wildman–Crippen LogP) is 1.95. The molecule has 4 heteroatoms. The Balaban J connectivity index is 2.87. The van der Waals surface area contributed by atoms with Gasteiger partial charge in [0.05, 0.1) is 0 Å². The molecule has 0 saturated carbocycles. The van der Waals surface area contributed by atoms with Gasteiger partial charge in [-0.25, -0.2) is 4.79 Å². The van der Waals surface area contributed by atoms with E-state index in [1.54, 1.807) is 6.07 Å². The summed E-state index contributed by atoms with van der Waals surface area (Å²) in [4.78, 5) is 21.2. The quantitative estimate of drug-likeness (QED) is 0.842. The molecule has 0 aliphatic heterocycles. The minimum absolute atomic E-state index is 0.0732. The highest BCUT2D eigenvalue weighted by molar-refractivity contribution is 9.10. The molecule has 0 saturated heterocycles. The number of halogens is 1. The Kier molecular flexibility index (Phi) is 3.41. The highest BCUT2D eigenvalue weighted by Crippen LogP contribution is 2.18. The number of carboxylic acid groups (broad SMARTS) is 1. The van der Waals surface area contributed by atoms with Crippen molar-refractivity contribution in [1.82, 2.24) is 0 Å². The summed E-state index contributed by atoms with van der Waals surface area (Å²) in [5.41, 5.74) is 1.76. The predicted molar refractivity (Wildman–Crippen MR) is 55.2 cm³/mol. The van der Waals surface area contributed by atoms with Crippen molar-refractivity contribution in [2.24, 2.45) is 0 Å². The fourth-order valence-corrected chi connectivity index (χ4v) is 1.68. The van der Waals surface area contributed by atoms with Crippen LogP contribution in [-0.2, 0) is 16.0 Å². The summed E-state index contributed by atoms with van der Waals surface area (Å²) in [5, 5.41) is 8.42. The van der Waals surface area contributed by atoms with E-state index in [1.807, 2.05) is 19.1 Å². The van der Waals surface area contributed by atoms with Crippen LogP contribution in [-0.4, -0.2) is 16.9 Å². The molecule has 0 bridgehead atoms. The molecule has 0 aliphatic rings. The van der Waals surface area contributed by atoms with E-state index in [4.69, 9.17) is 5.11 Å². The van der Waals surface area contributed by atoms with E-state index in [0.717, 1.165) is 10.0 Å². The van der Waals surface area contributed by atoms with Gasteiger partial charge in [-0.15, -0.1) is 0 Å². The van der Waals surface area contributed by atoms with Gasteiger partial charge in [-0.3, -0.25) is 4.79 Å². The van der Waals surface area contributed by atoms with Crippen molar-refractivity contribution in [3.05, 3.63) is 33.8 Å². The van der Waals surface area contributed by atoms with Gasteiger partial charge >= 0.3 is 5.97 Å². The summed E-state index contributed by atoms with van der Waals surface area (Å²) in [7, 11) is 0. The van der Waals surface area contributed by atoms with E-state index < -0.39 is 11.8 Å². The number of carbonyl (C=O) groups is 2. The van der Waals surface area contributed by atoms with E-state index in [9.17, 15) is 9.59 Å². The summed E-state index contributed by atoms with van der Waals surface area (Å²) < 4.78 is 0.770. The first kappa shape index (κ1) is 10.9. The largest absolute Gasteiger partial charge is 0.475 e. The molecule has 0 fully saturated rings. The van der Waals surface area contributed by atoms with Crippen molar-refractivity contribution in [3.63, 3.8) is 0 Å². The zero-order valence-electron chi connectivity index (χ0n) is 7.58. The Morgan fingerprint density at radius 3 is 2.57 bits per heavy atom. The van der Waals surface area contributed by atoms with Crippen LogP contribution in [0.4, 0.5) is 0 Å². The number of Topliss-reactive ketones (excluding diaryl/α,β-unsaturated/α-hetero) is 1. The summed E-state index contributed by atoms with van der Waals surface area (Å²) in [6.07, 6.45) is -0.0732. The molecule has 0 heterocycles. The summed E-state index contributed by atoms with van der Waals surface area (Å²) in [5.74, 6) is -2.19. The second-order valence-corrected chi connectivity index (χ2v) is 3.85. The van der Waals surface area contributed by atoms with Crippen LogP contribution in [0.2, 0.25) is 0 Å². The summed E-state index contributed by atoms with van der Waals surface area (Å²) >= 11 is 3.28. The van der Waals surface area contributed by atoms with Crippen molar-refractivity contribution < 1.29 is 14.7 Å². The number of ketones is 1. The smallest absolute Gasteiger partial charge is 0.372 e. The van der Waals surface area contributed by atoms with Gasteiger partial charge in [0.2, 0.25) is 5.78 Å². The lowest BCUT2D eigenvalue weighted by Gasteiger charge is -2.02. The van der Waals surface area contributed by atoms with E-state index in [2.05, 4.69) is 15.9 Å². The van der Waals surface area contributed by atoms with E-state index in [0.29, 0.717) is 5.56 Å². The molecule has 1 aromatic rings. The third-order valence-corrected chi connectivity index (χ3v) is 2.54. The van der Waals surface area contributed by atoms with Crippen LogP contribution in [0.5, 0.6) is 0 Å². The highest BCUT2D eigenvalue weighted by Gasteiger charge is 2.13. The summed E-state index contributed by atoms with van der Waals surface area (Å²) in [6, 6.07) is 5.44. The average molecular weight is 257 g/mol. The first-order chi connectivity index (χ1) is 6.50. The molecule has 1 aromatic carbocycles. The maximum Gasteiger partial charge on any atom is 0.372 e. The van der Waals surface area contributed by atoms with Crippen molar-refractivity contribution >= 4 is 27.7 Å². The van der Waals surface area contributed by atoms with Gasteiger partial charge in [0.25, 0.3) is 0 Å². The zero-order valence-corrected chi connectivity index (χ0v) is 9.17. The molecule has 0 unspecified atom stereocenters. The molecular weight excluding hydrogens is 248 g/mol. The van der Waals surface area contributed by atoms with Crippen LogP contribution in [0.25, 0.3) is 0 Å². The minimum atomic E-state index is -1.39. The molecular formula is C10H9BrO3. The summed E-state index contributed by atoms with van der Waals surface area (Å²) in [6.45, 7) is 1.92. The third kappa shape index (κ3) is 2.67. The monoisotopic (exact) mass is 256 g/mol. The van der Waals surface area contributed by atoms with Crippen LogP contribution in [0.1, 0.15) is 11.1 Å². The van der Waals surface area contributed by atoms with Crippen molar-refractivity contribution in [2.45, 2.75) is 13.3 Å². The van der Waals surface area contributed by atoms with Gasteiger partial charge < -0.3 is 5.11 Å². The topological polar surface area (TPSA) is 54.4 Å². The highest BCUT2D eigenvalue weighted by atomic mass is 79.9. The van der Waals surface area contributed by atoms with Crippen LogP contribution in [0.15, 0.2) is 22.7 Å². The molecule has 74 valence electrons. The number of benzene rings is 1. The standard InChI is InChI=1S/C10H9BrO3/c1-6-2-3-7(8(11)4-6)5-9(12)10(13)14/h2-4H,5H2,1H3,(H,13,14). The number of hydrogen-bond acceptors (Lipinski definition) is 2. The molecule has 14 heavy (non-hydrogen) atoms. The Bertz CT molecular complexity index is 385. The Morgan fingerprint density at radius 1 is 1.43 bits per heavy atom. The number of carboxylic acids is 1. The number of aliphatic carboxylic acids is 1. The lowest BCUT2D eigenvalue weighted by atomic mass is 10.1. The van der Waals surface area contributed by atoms with Gasteiger partial charge in [-0.2, -0.15) is 0 Å². The van der Waals surface area contributed by atoms with E-state index >= 15 is 0 Å². The third-order valence-electron chi connectivity index (χ3n) is 1.80. The molecule has 0 radical (unpaired) electrons. The van der Waals surface area contributed by atoms with E-state index in [1.165, 1.54) is 0 Å². The Hall–Kier alpha value is -1.16. The molecule has 0 aromatic heterocycles. The second kappa shape index (κ2) is 4.37. The van der Waals surface area contributed by atoms with Gasteiger partial charge in [-0.1, -0.05) is 28.1 Å². The molecule has 1 N–H and O–H groups in total. The maximum atomic E-state index is 10.9. The van der Waals surface area contributed by atoms with Crippen LogP contribution >= 0.6 is 15.9 Å². The molecule has 0 aliphatic carbocycles. The van der Waals surface area contributed by atoms with E-state index in [-0.39, 0.29) is 6.42 Å². The van der Waals surface area contributed by atoms with Gasteiger partial charge in [0.15, 0.2) is 0 Å². The molecule has 3 nitrogen and oxygen atoms in total. The maximum absolute atomic E-state index is 10.9. The Morgan fingerprint density at radius 2 is 2.07 bits per heavy atom. The van der Waals surface area contributed by atoms with Crippen LogP contribution in [0.3, 0.4) is 0 Å². The van der Waals surface area contributed by atoms with Gasteiger partial charge in [-0.05, 0) is 24.1 Å². The van der Waals surface area contributed by atoms with Crippen LogP contribution in [0, 0.1) is 6.92 Å². The normalized spacial score (nSPS) is 9.86. The lowest BCUT2D eigenvalue weighted by Crippen LogP contribution is -2.15. The number of aryl methyl sites for hydroxylation is 1. The van der Waals surface area contributed by atoms with Crippen LogP contribution < -0.4 is 0 Å². The van der Waals surface area contributed by atoms with Crippen molar-refractivity contribution in [2.75, 3.05) is 0 Å². The van der Waals surface area contributed by atoms with Gasteiger partial charge in [0, 0.05) is 10.9 Å². The first-order valence-electron chi connectivity index (χ1n) is 4.02. The molecule has 1 rings (SSSR count). The Labute approximate surface area is 89.9 Å². The minimum Gasteiger partial charge on any atom is -0.475 e. The number of carbonyl (C=O) groups excluding carboxylic acids is 1. The number of rotatable bonds is 3. The van der Waals surface area contributed by atoms with Crippen molar-refractivity contribution in [1.29, 1.82) is 0 Å². The first-order valence-corrected chi connectivity index (χ1v) is 4.81. The number of hydrogen-bond donors (Lipinski definition) is 1. The fourth-order valence-electron chi connectivity index (χ4n) is 1.04. The molecule has 0 spiro atoms. The SMILES string of the molecule is Cc1ccc(CC(=O)C(=O)O)c(Br)c1. The van der Waals surface area contributed by atoms with Gasteiger partial charge in [0.1, 0.15) is 0 Å². The second-order valence-electron chi connectivity index (χ2n) is 3.00. The lowest BCUT2D eigenvalue weighted by molar-refractivity contribution is -0.148.